The maximum atomic E-state index is 14.0. The average molecular weight is 417 g/mol. The monoisotopic (exact) mass is 417 g/mol. The van der Waals surface area contributed by atoms with E-state index in [1.54, 1.807) is 56.9 Å². The standard InChI is InChI=1S/C24H20FN3O3/c1-30-17-6-7-18(23(11-17)31-2)22-12-20(19-10-16(25)5-8-21(19)28-22)24(29)27-14-15-4-3-9-26-13-15/h3-13H,14H2,1-2H3,(H,27,29). The minimum absolute atomic E-state index is 0.299. The van der Waals surface area contributed by atoms with Gasteiger partial charge in [-0.05, 0) is 48.0 Å². The lowest BCUT2D eigenvalue weighted by Gasteiger charge is -2.13. The van der Waals surface area contributed by atoms with E-state index in [0.29, 0.717) is 45.8 Å². The molecular weight excluding hydrogens is 397 g/mol. The first-order valence-electron chi connectivity index (χ1n) is 9.59. The summed E-state index contributed by atoms with van der Waals surface area (Å²) in [4.78, 5) is 21.7. The van der Waals surface area contributed by atoms with E-state index in [1.807, 2.05) is 12.1 Å². The third-order valence-corrected chi connectivity index (χ3v) is 4.88. The molecule has 4 aromatic rings. The average Bonchev–Trinajstić information content (AvgIpc) is 2.82. The number of ether oxygens (including phenoxy) is 2. The highest BCUT2D eigenvalue weighted by molar-refractivity contribution is 6.07. The molecule has 1 N–H and O–H groups in total. The first-order valence-corrected chi connectivity index (χ1v) is 9.59. The first-order chi connectivity index (χ1) is 15.1. The van der Waals surface area contributed by atoms with Gasteiger partial charge >= 0.3 is 0 Å². The van der Waals surface area contributed by atoms with Crippen molar-refractivity contribution in [3.63, 3.8) is 0 Å². The molecule has 6 nitrogen and oxygen atoms in total. The Morgan fingerprint density at radius 3 is 2.68 bits per heavy atom. The Morgan fingerprint density at radius 2 is 1.94 bits per heavy atom. The molecule has 2 aromatic heterocycles. The first kappa shape index (κ1) is 20.3. The number of nitrogens with one attached hydrogen (secondary N) is 1. The number of hydrogen-bond acceptors (Lipinski definition) is 5. The highest BCUT2D eigenvalue weighted by Crippen LogP contribution is 2.34. The summed E-state index contributed by atoms with van der Waals surface area (Å²) in [7, 11) is 3.12. The van der Waals surface area contributed by atoms with E-state index < -0.39 is 5.82 Å². The lowest BCUT2D eigenvalue weighted by molar-refractivity contribution is 0.0952. The molecule has 0 spiro atoms. The Labute approximate surface area is 178 Å². The van der Waals surface area contributed by atoms with Crippen LogP contribution in [0.3, 0.4) is 0 Å². The smallest absolute Gasteiger partial charge is 0.252 e. The Hall–Kier alpha value is -4.00. The van der Waals surface area contributed by atoms with Crippen LogP contribution in [0.15, 0.2) is 67.0 Å². The summed E-state index contributed by atoms with van der Waals surface area (Å²) in [6.45, 7) is 0.299. The summed E-state index contributed by atoms with van der Waals surface area (Å²) in [5, 5.41) is 3.30. The number of carbonyl (C=O) groups is 1. The number of halogens is 1. The van der Waals surface area contributed by atoms with Gasteiger partial charge in [0.25, 0.3) is 5.91 Å². The summed E-state index contributed by atoms with van der Waals surface area (Å²) < 4.78 is 24.7. The fourth-order valence-electron chi connectivity index (χ4n) is 3.31. The molecule has 0 bridgehead atoms. The zero-order chi connectivity index (χ0) is 21.8. The summed E-state index contributed by atoms with van der Waals surface area (Å²) in [5.74, 6) is 0.411. The van der Waals surface area contributed by atoms with Gasteiger partial charge in [-0.2, -0.15) is 0 Å². The lowest BCUT2D eigenvalue weighted by atomic mass is 10.0. The minimum Gasteiger partial charge on any atom is -0.497 e. The summed E-state index contributed by atoms with van der Waals surface area (Å²) in [6.07, 6.45) is 3.34. The van der Waals surface area contributed by atoms with Crippen LogP contribution in [-0.2, 0) is 6.54 Å². The Morgan fingerprint density at radius 1 is 1.06 bits per heavy atom. The van der Waals surface area contributed by atoms with Crippen molar-refractivity contribution in [3.05, 3.63) is 83.9 Å². The lowest BCUT2D eigenvalue weighted by Crippen LogP contribution is -2.23. The topological polar surface area (TPSA) is 73.3 Å². The van der Waals surface area contributed by atoms with Gasteiger partial charge in [0.05, 0.1) is 31.0 Å². The van der Waals surface area contributed by atoms with E-state index in [9.17, 15) is 9.18 Å². The van der Waals surface area contributed by atoms with Gasteiger partial charge in [-0.15, -0.1) is 0 Å². The van der Waals surface area contributed by atoms with E-state index in [2.05, 4.69) is 15.3 Å². The number of aromatic nitrogens is 2. The molecule has 0 saturated carbocycles. The van der Waals surface area contributed by atoms with E-state index in [-0.39, 0.29) is 5.91 Å². The highest BCUT2D eigenvalue weighted by atomic mass is 19.1. The molecule has 2 heterocycles. The fourth-order valence-corrected chi connectivity index (χ4v) is 3.31. The normalized spacial score (nSPS) is 10.7. The molecule has 0 atom stereocenters. The van der Waals surface area contributed by atoms with Crippen molar-refractivity contribution >= 4 is 16.8 Å². The summed E-state index contributed by atoms with van der Waals surface area (Å²) in [5.41, 5.74) is 2.91. The third kappa shape index (κ3) is 4.30. The largest absolute Gasteiger partial charge is 0.497 e. The van der Waals surface area contributed by atoms with E-state index in [1.165, 1.54) is 12.1 Å². The van der Waals surface area contributed by atoms with E-state index >= 15 is 0 Å². The number of fused-ring (bicyclic) bond motifs is 1. The predicted molar refractivity (Wildman–Crippen MR) is 116 cm³/mol. The van der Waals surface area contributed by atoms with Crippen LogP contribution in [0.5, 0.6) is 11.5 Å². The van der Waals surface area contributed by atoms with Crippen LogP contribution >= 0.6 is 0 Å². The van der Waals surface area contributed by atoms with Crippen molar-refractivity contribution < 1.29 is 18.7 Å². The highest BCUT2D eigenvalue weighted by Gasteiger charge is 2.17. The van der Waals surface area contributed by atoms with Gasteiger partial charge in [0.2, 0.25) is 0 Å². The Balaban J connectivity index is 1.79. The van der Waals surface area contributed by atoms with Gasteiger partial charge in [-0.25, -0.2) is 9.37 Å². The van der Waals surface area contributed by atoms with Crippen LogP contribution in [0.4, 0.5) is 4.39 Å². The van der Waals surface area contributed by atoms with Crippen LogP contribution in [0.25, 0.3) is 22.2 Å². The molecule has 4 rings (SSSR count). The molecule has 0 aliphatic rings. The molecule has 0 aliphatic heterocycles. The molecule has 7 heteroatoms. The van der Waals surface area contributed by atoms with E-state index in [0.717, 1.165) is 5.56 Å². The van der Waals surface area contributed by atoms with Crippen molar-refractivity contribution in [2.24, 2.45) is 0 Å². The summed E-state index contributed by atoms with van der Waals surface area (Å²) in [6, 6.07) is 14.8. The van der Waals surface area contributed by atoms with Gasteiger partial charge in [-0.3, -0.25) is 9.78 Å². The second-order valence-corrected chi connectivity index (χ2v) is 6.83. The third-order valence-electron chi connectivity index (χ3n) is 4.88. The zero-order valence-electron chi connectivity index (χ0n) is 17.1. The van der Waals surface area contributed by atoms with Crippen molar-refractivity contribution in [2.75, 3.05) is 14.2 Å². The number of hydrogen-bond donors (Lipinski definition) is 1. The molecule has 0 fully saturated rings. The van der Waals surface area contributed by atoms with Crippen molar-refractivity contribution in [1.29, 1.82) is 0 Å². The number of benzene rings is 2. The molecule has 156 valence electrons. The molecule has 0 aliphatic carbocycles. The number of pyridine rings is 2. The van der Waals surface area contributed by atoms with Crippen molar-refractivity contribution in [3.8, 4) is 22.8 Å². The van der Waals surface area contributed by atoms with Crippen molar-refractivity contribution in [1.82, 2.24) is 15.3 Å². The second kappa shape index (κ2) is 8.79. The summed E-state index contributed by atoms with van der Waals surface area (Å²) >= 11 is 0. The maximum absolute atomic E-state index is 14.0. The quantitative estimate of drug-likeness (QED) is 0.504. The molecular formula is C24H20FN3O3. The number of nitrogens with zero attached hydrogens (tertiary/aromatic N) is 2. The molecule has 0 radical (unpaired) electrons. The maximum Gasteiger partial charge on any atom is 0.252 e. The van der Waals surface area contributed by atoms with Crippen LogP contribution in [0, 0.1) is 5.82 Å². The minimum atomic E-state index is -0.439. The molecule has 0 unspecified atom stereocenters. The van der Waals surface area contributed by atoms with E-state index in [4.69, 9.17) is 9.47 Å². The Kier molecular flexibility index (Phi) is 5.75. The van der Waals surface area contributed by atoms with Gasteiger partial charge in [0, 0.05) is 36.0 Å². The molecule has 2 aromatic carbocycles. The predicted octanol–water partition coefficient (Wildman–Crippen LogP) is 4.38. The van der Waals surface area contributed by atoms with Crippen LogP contribution in [-0.4, -0.2) is 30.1 Å². The number of methoxy groups -OCH3 is 2. The van der Waals surface area contributed by atoms with Gasteiger partial charge in [0.15, 0.2) is 0 Å². The van der Waals surface area contributed by atoms with Crippen LogP contribution < -0.4 is 14.8 Å². The van der Waals surface area contributed by atoms with Crippen LogP contribution in [0.1, 0.15) is 15.9 Å². The second-order valence-electron chi connectivity index (χ2n) is 6.83. The Bertz CT molecular complexity index is 1250. The number of carbonyl (C=O) groups excluding carboxylic acids is 1. The molecule has 0 saturated heterocycles. The van der Waals surface area contributed by atoms with Gasteiger partial charge < -0.3 is 14.8 Å². The van der Waals surface area contributed by atoms with Crippen LogP contribution in [0.2, 0.25) is 0 Å². The van der Waals surface area contributed by atoms with Gasteiger partial charge in [0.1, 0.15) is 17.3 Å². The molecule has 1 amide bonds. The number of amides is 1. The molecule has 31 heavy (non-hydrogen) atoms. The SMILES string of the molecule is COc1ccc(-c2cc(C(=O)NCc3cccnc3)c3cc(F)ccc3n2)c(OC)c1. The van der Waals surface area contributed by atoms with Gasteiger partial charge in [-0.1, -0.05) is 6.07 Å². The van der Waals surface area contributed by atoms with Crippen molar-refractivity contribution in [2.45, 2.75) is 6.54 Å². The fraction of sp³-hybridized carbons (Fsp3) is 0.125. The zero-order valence-corrected chi connectivity index (χ0v) is 17.1. The number of rotatable bonds is 6.